The van der Waals surface area contributed by atoms with Gasteiger partial charge < -0.3 is 4.74 Å². The van der Waals surface area contributed by atoms with Crippen molar-refractivity contribution in [3.05, 3.63) is 69.8 Å². The van der Waals surface area contributed by atoms with Gasteiger partial charge >= 0.3 is 0 Å². The summed E-state index contributed by atoms with van der Waals surface area (Å²) in [7, 11) is 0. The van der Waals surface area contributed by atoms with Gasteiger partial charge in [0.2, 0.25) is 0 Å². The van der Waals surface area contributed by atoms with E-state index in [1.807, 2.05) is 0 Å². The molecule has 2 unspecified atom stereocenters. The average Bonchev–Trinajstić information content (AvgIpc) is 2.44. The molecule has 1 nitrogen and oxygen atoms in total. The highest BCUT2D eigenvalue weighted by Gasteiger charge is 2.13. The molecule has 0 saturated carbocycles. The fourth-order valence-corrected chi connectivity index (χ4v) is 2.50. The van der Waals surface area contributed by atoms with Crippen molar-refractivity contribution in [3.8, 4) is 0 Å². The molecule has 0 aliphatic carbocycles. The molecule has 0 heterocycles. The van der Waals surface area contributed by atoms with Crippen LogP contribution in [0, 0.1) is 27.7 Å². The maximum absolute atomic E-state index is 6.21. The minimum atomic E-state index is 0.0981. The normalized spacial score (nSPS) is 14.0. The Morgan fingerprint density at radius 1 is 0.619 bits per heavy atom. The van der Waals surface area contributed by atoms with Crippen molar-refractivity contribution in [1.29, 1.82) is 0 Å². The highest BCUT2D eigenvalue weighted by atomic mass is 16.5. The summed E-state index contributed by atoms with van der Waals surface area (Å²) in [6.07, 6.45) is 0.196. The van der Waals surface area contributed by atoms with Gasteiger partial charge in [0.05, 0.1) is 12.2 Å². The second-order valence-corrected chi connectivity index (χ2v) is 6.11. The summed E-state index contributed by atoms with van der Waals surface area (Å²) in [6, 6.07) is 13.1. The molecule has 0 radical (unpaired) electrons. The summed E-state index contributed by atoms with van der Waals surface area (Å²) < 4.78 is 6.21. The Balaban J connectivity index is 2.12. The molecule has 0 spiro atoms. The third-order valence-corrected chi connectivity index (χ3v) is 4.41. The number of aryl methyl sites for hydroxylation is 4. The lowest BCUT2D eigenvalue weighted by molar-refractivity contribution is 0.00580. The van der Waals surface area contributed by atoms with Gasteiger partial charge in [0.1, 0.15) is 0 Å². The fraction of sp³-hybridized carbons (Fsp3) is 0.400. The first kappa shape index (κ1) is 15.8. The van der Waals surface area contributed by atoms with Gasteiger partial charge in [-0.1, -0.05) is 36.4 Å². The lowest BCUT2D eigenvalue weighted by Crippen LogP contribution is -2.06. The zero-order valence-corrected chi connectivity index (χ0v) is 14.0. The molecule has 2 aromatic carbocycles. The van der Waals surface area contributed by atoms with Crippen LogP contribution in [0.2, 0.25) is 0 Å². The van der Waals surface area contributed by atoms with E-state index in [1.54, 1.807) is 0 Å². The molecular weight excluding hydrogens is 256 g/mol. The van der Waals surface area contributed by atoms with Crippen molar-refractivity contribution < 1.29 is 4.74 Å². The molecular formula is C20H26O. The number of rotatable bonds is 4. The maximum atomic E-state index is 6.21. The van der Waals surface area contributed by atoms with Crippen LogP contribution in [0.4, 0.5) is 0 Å². The van der Waals surface area contributed by atoms with Crippen LogP contribution in [-0.2, 0) is 4.74 Å². The van der Waals surface area contributed by atoms with Gasteiger partial charge in [0.25, 0.3) is 0 Å². The van der Waals surface area contributed by atoms with Crippen LogP contribution in [0.25, 0.3) is 0 Å². The van der Waals surface area contributed by atoms with Crippen LogP contribution in [0.5, 0.6) is 0 Å². The topological polar surface area (TPSA) is 9.23 Å². The summed E-state index contributed by atoms with van der Waals surface area (Å²) >= 11 is 0. The van der Waals surface area contributed by atoms with Gasteiger partial charge in [-0.25, -0.2) is 0 Å². The summed E-state index contributed by atoms with van der Waals surface area (Å²) in [5.74, 6) is 0. The first-order valence-electron chi connectivity index (χ1n) is 7.68. The Morgan fingerprint density at radius 3 is 1.33 bits per heavy atom. The molecule has 0 aromatic heterocycles. The molecule has 0 aliphatic heterocycles. The third kappa shape index (κ3) is 3.74. The van der Waals surface area contributed by atoms with E-state index in [0.29, 0.717) is 0 Å². The molecule has 0 bridgehead atoms. The van der Waals surface area contributed by atoms with Crippen LogP contribution >= 0.6 is 0 Å². The lowest BCUT2D eigenvalue weighted by atomic mass is 10.0. The van der Waals surface area contributed by atoms with Crippen LogP contribution in [0.1, 0.15) is 59.4 Å². The van der Waals surface area contributed by atoms with Gasteiger partial charge in [-0.05, 0) is 74.9 Å². The van der Waals surface area contributed by atoms with Gasteiger partial charge in [-0.2, -0.15) is 0 Å². The fourth-order valence-electron chi connectivity index (χ4n) is 2.50. The van der Waals surface area contributed by atoms with E-state index >= 15 is 0 Å². The molecule has 2 aromatic rings. The van der Waals surface area contributed by atoms with Crippen molar-refractivity contribution in [2.75, 3.05) is 0 Å². The van der Waals surface area contributed by atoms with E-state index in [1.165, 1.54) is 33.4 Å². The molecule has 0 saturated heterocycles. The van der Waals surface area contributed by atoms with Gasteiger partial charge in [0.15, 0.2) is 0 Å². The van der Waals surface area contributed by atoms with Crippen LogP contribution < -0.4 is 0 Å². The largest absolute Gasteiger partial charge is 0.366 e. The van der Waals surface area contributed by atoms with E-state index in [2.05, 4.69) is 77.9 Å². The van der Waals surface area contributed by atoms with Crippen molar-refractivity contribution >= 4 is 0 Å². The number of hydrogen-bond acceptors (Lipinski definition) is 1. The highest BCUT2D eigenvalue weighted by molar-refractivity contribution is 5.32. The van der Waals surface area contributed by atoms with Crippen LogP contribution in [0.3, 0.4) is 0 Å². The summed E-state index contributed by atoms with van der Waals surface area (Å²) in [5, 5.41) is 0. The molecule has 0 fully saturated rings. The highest BCUT2D eigenvalue weighted by Crippen LogP contribution is 2.28. The van der Waals surface area contributed by atoms with E-state index in [4.69, 9.17) is 4.74 Å². The van der Waals surface area contributed by atoms with Crippen molar-refractivity contribution in [3.63, 3.8) is 0 Å². The average molecular weight is 282 g/mol. The van der Waals surface area contributed by atoms with Crippen molar-refractivity contribution in [1.82, 2.24) is 0 Å². The minimum absolute atomic E-state index is 0.0981. The van der Waals surface area contributed by atoms with Gasteiger partial charge in [0, 0.05) is 0 Å². The Labute approximate surface area is 129 Å². The molecule has 2 rings (SSSR count). The second kappa shape index (κ2) is 6.44. The summed E-state index contributed by atoms with van der Waals surface area (Å²) in [5.41, 5.74) is 7.78. The molecule has 1 heteroatoms. The quantitative estimate of drug-likeness (QED) is 0.692. The van der Waals surface area contributed by atoms with Gasteiger partial charge in [-0.15, -0.1) is 0 Å². The van der Waals surface area contributed by atoms with Crippen LogP contribution in [-0.4, -0.2) is 0 Å². The van der Waals surface area contributed by atoms with Crippen LogP contribution in [0.15, 0.2) is 36.4 Å². The Bertz CT molecular complexity index is 572. The van der Waals surface area contributed by atoms with E-state index in [0.717, 1.165) is 0 Å². The first-order chi connectivity index (χ1) is 9.88. The maximum Gasteiger partial charge on any atom is 0.0805 e. The zero-order valence-electron chi connectivity index (χ0n) is 14.0. The lowest BCUT2D eigenvalue weighted by Gasteiger charge is -2.21. The summed E-state index contributed by atoms with van der Waals surface area (Å²) in [4.78, 5) is 0. The van der Waals surface area contributed by atoms with Gasteiger partial charge in [-0.3, -0.25) is 0 Å². The van der Waals surface area contributed by atoms with E-state index in [-0.39, 0.29) is 12.2 Å². The third-order valence-electron chi connectivity index (χ3n) is 4.41. The first-order valence-corrected chi connectivity index (χ1v) is 7.68. The number of hydrogen-bond donors (Lipinski definition) is 0. The monoisotopic (exact) mass is 282 g/mol. The van der Waals surface area contributed by atoms with E-state index in [9.17, 15) is 0 Å². The molecule has 0 aliphatic rings. The predicted octanol–water partition coefficient (Wildman–Crippen LogP) is 5.76. The smallest absolute Gasteiger partial charge is 0.0805 e. The SMILES string of the molecule is Cc1ccc(C(C)OC(C)c2ccc(C)c(C)c2)cc1C. The zero-order chi connectivity index (χ0) is 15.6. The number of benzene rings is 2. The van der Waals surface area contributed by atoms with E-state index < -0.39 is 0 Å². The Morgan fingerprint density at radius 2 is 1.00 bits per heavy atom. The summed E-state index contributed by atoms with van der Waals surface area (Å²) in [6.45, 7) is 12.8. The molecule has 21 heavy (non-hydrogen) atoms. The predicted molar refractivity (Wildman–Crippen MR) is 89.7 cm³/mol. The Hall–Kier alpha value is -1.60. The van der Waals surface area contributed by atoms with Crippen molar-refractivity contribution in [2.24, 2.45) is 0 Å². The second-order valence-electron chi connectivity index (χ2n) is 6.11. The standard InChI is InChI=1S/C20H26O/c1-13-7-9-19(11-15(13)3)17(5)21-18(6)20-10-8-14(2)16(4)12-20/h7-12,17-18H,1-6H3. The molecule has 0 amide bonds. The van der Waals surface area contributed by atoms with Crippen molar-refractivity contribution in [2.45, 2.75) is 53.8 Å². The molecule has 0 N–H and O–H groups in total. The Kier molecular flexibility index (Phi) is 4.84. The minimum Gasteiger partial charge on any atom is -0.366 e. The molecule has 112 valence electrons. The molecule has 2 atom stereocenters. The number of ether oxygens (including phenoxy) is 1.